The highest BCUT2D eigenvalue weighted by atomic mass is 32.1. The van der Waals surface area contributed by atoms with Crippen LogP contribution in [0.2, 0.25) is 0 Å². The summed E-state index contributed by atoms with van der Waals surface area (Å²) >= 11 is 1.40. The van der Waals surface area contributed by atoms with E-state index in [0.717, 1.165) is 50.0 Å². The predicted octanol–water partition coefficient (Wildman–Crippen LogP) is 3.08. The van der Waals surface area contributed by atoms with E-state index in [1.54, 1.807) is 43.6 Å². The Morgan fingerprint density at radius 1 is 1.05 bits per heavy atom. The lowest BCUT2D eigenvalue weighted by Crippen LogP contribution is -2.55. The van der Waals surface area contributed by atoms with E-state index < -0.39 is 6.04 Å². The van der Waals surface area contributed by atoms with Gasteiger partial charge in [-0.25, -0.2) is 4.98 Å². The van der Waals surface area contributed by atoms with Crippen molar-refractivity contribution in [1.29, 1.82) is 0 Å². The van der Waals surface area contributed by atoms with E-state index in [9.17, 15) is 14.4 Å². The van der Waals surface area contributed by atoms with Gasteiger partial charge in [-0.15, -0.1) is 11.3 Å². The number of nitrogens with zero attached hydrogens (tertiary/aromatic N) is 2. The molecule has 1 saturated carbocycles. The lowest BCUT2D eigenvalue weighted by Gasteiger charge is -2.35. The van der Waals surface area contributed by atoms with Crippen LogP contribution < -0.4 is 21.1 Å². The Kier molecular flexibility index (Phi) is 13.6. The van der Waals surface area contributed by atoms with E-state index in [0.29, 0.717) is 63.1 Å². The van der Waals surface area contributed by atoms with E-state index in [2.05, 4.69) is 10.6 Å². The zero-order valence-corrected chi connectivity index (χ0v) is 26.7. The van der Waals surface area contributed by atoms with Crippen LogP contribution >= 0.6 is 11.3 Å². The minimum Gasteiger partial charge on any atom is -0.491 e. The van der Waals surface area contributed by atoms with Crippen LogP contribution in [-0.2, 0) is 19.1 Å². The largest absolute Gasteiger partial charge is 0.491 e. The molecule has 0 bridgehead atoms. The van der Waals surface area contributed by atoms with Gasteiger partial charge in [-0.2, -0.15) is 0 Å². The van der Waals surface area contributed by atoms with Gasteiger partial charge in [-0.1, -0.05) is 31.4 Å². The van der Waals surface area contributed by atoms with E-state index in [1.807, 2.05) is 4.90 Å². The predicted molar refractivity (Wildman–Crippen MR) is 169 cm³/mol. The van der Waals surface area contributed by atoms with Crippen LogP contribution in [0.5, 0.6) is 5.75 Å². The van der Waals surface area contributed by atoms with Gasteiger partial charge in [0, 0.05) is 24.0 Å². The minimum atomic E-state index is -0.558. The summed E-state index contributed by atoms with van der Waals surface area (Å²) in [4.78, 5) is 46.9. The number of carbonyl (C=O) groups excluding carboxylic acids is 3. The van der Waals surface area contributed by atoms with Crippen LogP contribution in [0.1, 0.15) is 79.0 Å². The number of rotatable bonds is 17. The van der Waals surface area contributed by atoms with E-state index in [-0.39, 0.29) is 35.6 Å². The van der Waals surface area contributed by atoms with Crippen molar-refractivity contribution in [2.45, 2.75) is 70.0 Å². The number of likely N-dealkylation sites (tertiary alicyclic amines) is 1. The third-order valence-electron chi connectivity index (χ3n) is 8.31. The molecule has 2 amide bonds. The maximum atomic E-state index is 14.0. The van der Waals surface area contributed by atoms with Crippen LogP contribution in [0, 0.1) is 5.92 Å². The standard InChI is InChI=1S/C32H47N5O6S/c1-22(34-2)30(39)36-28(23-8-4-3-5-9-23)32(40)37-14-7-12-27(37)31-35-26(21-44-31)29(38)24-10-6-11-25(20-24)43-19-18-42-17-16-41-15-13-33/h6,10-11,20-23,27-28,34H,3-5,7-9,12-19,33H2,1-2H3,(H,36,39)/t22-,27-,28-/m0/s1. The van der Waals surface area contributed by atoms with Gasteiger partial charge in [0.15, 0.2) is 0 Å². The molecule has 2 fully saturated rings. The monoisotopic (exact) mass is 629 g/mol. The summed E-state index contributed by atoms with van der Waals surface area (Å²) in [7, 11) is 1.74. The van der Waals surface area contributed by atoms with Crippen molar-refractivity contribution in [3.63, 3.8) is 0 Å². The number of hydrogen-bond acceptors (Lipinski definition) is 10. The second kappa shape index (κ2) is 17.6. The Morgan fingerprint density at radius 2 is 1.80 bits per heavy atom. The molecule has 1 saturated heterocycles. The number of nitrogens with two attached hydrogens (primary N) is 1. The van der Waals surface area contributed by atoms with Gasteiger partial charge in [0.2, 0.25) is 17.6 Å². The van der Waals surface area contributed by atoms with Gasteiger partial charge < -0.3 is 35.5 Å². The van der Waals surface area contributed by atoms with Crippen LogP contribution in [0.4, 0.5) is 0 Å². The molecule has 1 aliphatic carbocycles. The van der Waals surface area contributed by atoms with E-state index >= 15 is 0 Å². The number of carbonyl (C=O) groups is 3. The summed E-state index contributed by atoms with van der Waals surface area (Å²) in [5.41, 5.74) is 6.22. The SMILES string of the molecule is CN[C@@H](C)C(=O)N[C@H](C(=O)N1CCC[C@H]1c1nc(C(=O)c2cccc(OCCOCCOCCN)c2)cs1)C1CCCCC1. The topological polar surface area (TPSA) is 145 Å². The number of hydrogen-bond donors (Lipinski definition) is 3. The van der Waals surface area contributed by atoms with Gasteiger partial charge in [0.25, 0.3) is 0 Å². The summed E-state index contributed by atoms with van der Waals surface area (Å²) in [5.74, 6) is 0.285. The number of nitrogens with one attached hydrogen (secondary N) is 2. The van der Waals surface area contributed by atoms with Crippen LogP contribution in [0.25, 0.3) is 0 Å². The number of amides is 2. The molecule has 0 unspecified atom stereocenters. The highest BCUT2D eigenvalue weighted by Crippen LogP contribution is 2.36. The van der Waals surface area contributed by atoms with Gasteiger partial charge in [-0.3, -0.25) is 14.4 Å². The second-order valence-electron chi connectivity index (χ2n) is 11.4. The first kappa shape index (κ1) is 34.0. The average Bonchev–Trinajstić information content (AvgIpc) is 3.75. The smallest absolute Gasteiger partial charge is 0.246 e. The molecule has 44 heavy (non-hydrogen) atoms. The fourth-order valence-electron chi connectivity index (χ4n) is 5.77. The molecular weight excluding hydrogens is 582 g/mol. The molecule has 11 nitrogen and oxygen atoms in total. The Labute approximate surface area is 264 Å². The molecule has 0 radical (unpaired) electrons. The normalized spacial score (nSPS) is 18.6. The molecule has 2 heterocycles. The second-order valence-corrected chi connectivity index (χ2v) is 12.3. The molecule has 1 aromatic heterocycles. The molecule has 12 heteroatoms. The van der Waals surface area contributed by atoms with Gasteiger partial charge in [0.05, 0.1) is 38.5 Å². The zero-order valence-electron chi connectivity index (χ0n) is 25.9. The maximum Gasteiger partial charge on any atom is 0.246 e. The quantitative estimate of drug-likeness (QED) is 0.178. The molecule has 4 rings (SSSR count). The zero-order chi connectivity index (χ0) is 31.3. The molecule has 3 atom stereocenters. The first-order valence-electron chi connectivity index (χ1n) is 15.8. The number of ketones is 1. The minimum absolute atomic E-state index is 0.0453. The number of ether oxygens (including phenoxy) is 3. The summed E-state index contributed by atoms with van der Waals surface area (Å²) in [6.45, 7) is 5.08. The van der Waals surface area contributed by atoms with E-state index in [1.165, 1.54) is 11.3 Å². The molecular formula is C32H47N5O6S. The van der Waals surface area contributed by atoms with Crippen molar-refractivity contribution in [2.24, 2.45) is 11.7 Å². The van der Waals surface area contributed by atoms with Crippen molar-refractivity contribution in [3.05, 3.63) is 45.9 Å². The average molecular weight is 630 g/mol. The van der Waals surface area contributed by atoms with Crippen LogP contribution in [0.3, 0.4) is 0 Å². The number of aromatic nitrogens is 1. The fourth-order valence-corrected chi connectivity index (χ4v) is 6.71. The van der Waals surface area contributed by atoms with Gasteiger partial charge in [0.1, 0.15) is 29.1 Å². The maximum absolute atomic E-state index is 14.0. The fraction of sp³-hybridized carbons (Fsp3) is 0.625. The first-order valence-corrected chi connectivity index (χ1v) is 16.7. The first-order chi connectivity index (χ1) is 21.4. The molecule has 2 aliphatic rings. The summed E-state index contributed by atoms with van der Waals surface area (Å²) < 4.78 is 16.5. The summed E-state index contributed by atoms with van der Waals surface area (Å²) in [6, 6.07) is 5.87. The molecule has 4 N–H and O–H groups in total. The molecule has 1 aromatic carbocycles. The Morgan fingerprint density at radius 3 is 2.55 bits per heavy atom. The Balaban J connectivity index is 1.38. The summed E-state index contributed by atoms with van der Waals surface area (Å²) in [5, 5.41) is 8.56. The highest BCUT2D eigenvalue weighted by Gasteiger charge is 2.40. The van der Waals surface area contributed by atoms with Crippen molar-refractivity contribution < 1.29 is 28.6 Å². The van der Waals surface area contributed by atoms with Crippen LogP contribution in [0.15, 0.2) is 29.6 Å². The highest BCUT2D eigenvalue weighted by molar-refractivity contribution is 7.10. The summed E-state index contributed by atoms with van der Waals surface area (Å²) in [6.07, 6.45) is 6.78. The molecule has 2 aromatic rings. The van der Waals surface area contributed by atoms with Crippen molar-refractivity contribution >= 4 is 28.9 Å². The lowest BCUT2D eigenvalue weighted by atomic mass is 9.83. The molecule has 0 spiro atoms. The van der Waals surface area contributed by atoms with E-state index in [4.69, 9.17) is 24.9 Å². The van der Waals surface area contributed by atoms with Crippen molar-refractivity contribution in [2.75, 3.05) is 53.2 Å². The number of likely N-dealkylation sites (N-methyl/N-ethyl adjacent to an activating group) is 1. The number of thiazole rings is 1. The molecule has 1 aliphatic heterocycles. The van der Waals surface area contributed by atoms with Gasteiger partial charge in [-0.05, 0) is 57.7 Å². The van der Waals surface area contributed by atoms with Crippen LogP contribution in [-0.4, -0.2) is 92.7 Å². The molecule has 242 valence electrons. The van der Waals surface area contributed by atoms with Crippen molar-refractivity contribution in [3.8, 4) is 5.75 Å². The van der Waals surface area contributed by atoms with Gasteiger partial charge >= 0.3 is 0 Å². The number of benzene rings is 1. The lowest BCUT2D eigenvalue weighted by molar-refractivity contribution is -0.139. The van der Waals surface area contributed by atoms with Crippen molar-refractivity contribution in [1.82, 2.24) is 20.5 Å². The Bertz CT molecular complexity index is 1220. The Hall–Kier alpha value is -2.90. The third-order valence-corrected chi connectivity index (χ3v) is 9.26. The third kappa shape index (κ3) is 9.31.